The predicted octanol–water partition coefficient (Wildman–Crippen LogP) is 4.36. The summed E-state index contributed by atoms with van der Waals surface area (Å²) in [4.78, 5) is 0. The normalized spacial score (nSPS) is 22.3. The maximum atomic E-state index is 5.21. The van der Waals surface area contributed by atoms with Crippen LogP contribution in [-0.4, -0.2) is 7.11 Å². The monoisotopic (exact) mass is 238 g/mol. The molecule has 0 saturated heterocycles. The molecule has 2 atom stereocenters. The van der Waals surface area contributed by atoms with Crippen LogP contribution in [0.5, 0.6) is 5.75 Å². The van der Waals surface area contributed by atoms with Gasteiger partial charge in [-0.05, 0) is 47.9 Å². The van der Waals surface area contributed by atoms with Gasteiger partial charge in [0, 0.05) is 0 Å². The third-order valence-electron chi connectivity index (χ3n) is 4.05. The molecule has 18 heavy (non-hydrogen) atoms. The highest BCUT2D eigenvalue weighted by Gasteiger charge is 2.32. The van der Waals surface area contributed by atoms with Gasteiger partial charge in [-0.25, -0.2) is 0 Å². The van der Waals surface area contributed by atoms with Gasteiger partial charge in [0.1, 0.15) is 5.75 Å². The SMILES string of the molecule is COc1ccc([C@@H]2CC[C@H]2c2ccccc2)cc1. The van der Waals surface area contributed by atoms with E-state index in [1.165, 1.54) is 24.0 Å². The van der Waals surface area contributed by atoms with Crippen molar-refractivity contribution in [1.29, 1.82) is 0 Å². The van der Waals surface area contributed by atoms with Gasteiger partial charge in [0.15, 0.2) is 0 Å². The molecule has 0 bridgehead atoms. The van der Waals surface area contributed by atoms with E-state index in [-0.39, 0.29) is 0 Å². The molecule has 0 radical (unpaired) electrons. The molecule has 1 heteroatoms. The Hall–Kier alpha value is -1.76. The van der Waals surface area contributed by atoms with Crippen LogP contribution >= 0.6 is 0 Å². The Morgan fingerprint density at radius 2 is 1.33 bits per heavy atom. The molecule has 1 fully saturated rings. The van der Waals surface area contributed by atoms with Crippen molar-refractivity contribution in [1.82, 2.24) is 0 Å². The second-order valence-electron chi connectivity index (χ2n) is 4.97. The minimum atomic E-state index is 0.679. The largest absolute Gasteiger partial charge is 0.497 e. The molecular formula is C17H18O. The number of hydrogen-bond donors (Lipinski definition) is 0. The van der Waals surface area contributed by atoms with E-state index in [4.69, 9.17) is 4.74 Å². The third-order valence-corrected chi connectivity index (χ3v) is 4.05. The number of methoxy groups -OCH3 is 1. The van der Waals surface area contributed by atoms with E-state index in [9.17, 15) is 0 Å². The lowest BCUT2D eigenvalue weighted by atomic mass is 9.67. The molecule has 92 valence electrons. The van der Waals surface area contributed by atoms with Gasteiger partial charge in [-0.15, -0.1) is 0 Å². The van der Waals surface area contributed by atoms with E-state index >= 15 is 0 Å². The number of hydrogen-bond acceptors (Lipinski definition) is 1. The van der Waals surface area contributed by atoms with Crippen LogP contribution < -0.4 is 4.74 Å². The first-order valence-corrected chi connectivity index (χ1v) is 6.57. The summed E-state index contributed by atoms with van der Waals surface area (Å²) in [6, 6.07) is 19.4. The molecule has 1 aliphatic rings. The van der Waals surface area contributed by atoms with Crippen molar-refractivity contribution in [3.63, 3.8) is 0 Å². The van der Waals surface area contributed by atoms with Crippen molar-refractivity contribution in [3.8, 4) is 5.75 Å². The molecule has 1 aliphatic carbocycles. The van der Waals surface area contributed by atoms with Crippen LogP contribution in [0, 0.1) is 0 Å². The van der Waals surface area contributed by atoms with Crippen LogP contribution in [0.15, 0.2) is 54.6 Å². The Kier molecular flexibility index (Phi) is 3.06. The zero-order valence-corrected chi connectivity index (χ0v) is 10.7. The zero-order valence-electron chi connectivity index (χ0n) is 10.7. The lowest BCUT2D eigenvalue weighted by molar-refractivity contribution is 0.346. The Bertz CT molecular complexity index is 501. The predicted molar refractivity (Wildman–Crippen MR) is 74.2 cm³/mol. The minimum absolute atomic E-state index is 0.679. The fraction of sp³-hybridized carbons (Fsp3) is 0.294. The van der Waals surface area contributed by atoms with Crippen LogP contribution in [-0.2, 0) is 0 Å². The van der Waals surface area contributed by atoms with E-state index in [0.717, 1.165) is 5.75 Å². The summed E-state index contributed by atoms with van der Waals surface area (Å²) in [6.45, 7) is 0. The van der Waals surface area contributed by atoms with Crippen LogP contribution in [0.1, 0.15) is 35.8 Å². The number of benzene rings is 2. The zero-order chi connectivity index (χ0) is 12.4. The van der Waals surface area contributed by atoms with Crippen molar-refractivity contribution in [3.05, 3.63) is 65.7 Å². The molecule has 0 N–H and O–H groups in total. The van der Waals surface area contributed by atoms with Gasteiger partial charge in [0.2, 0.25) is 0 Å². The standard InChI is InChI=1S/C17H18O/c1-18-15-9-7-14(8-10-15)17-12-11-16(17)13-5-3-2-4-6-13/h2-10,16-17H,11-12H2,1H3/t16-,17-/m0/s1. The average molecular weight is 238 g/mol. The fourth-order valence-electron chi connectivity index (χ4n) is 2.85. The van der Waals surface area contributed by atoms with E-state index in [0.29, 0.717) is 11.8 Å². The molecule has 2 aromatic carbocycles. The second kappa shape index (κ2) is 4.85. The Morgan fingerprint density at radius 3 is 1.83 bits per heavy atom. The lowest BCUT2D eigenvalue weighted by Crippen LogP contribution is -2.21. The summed E-state index contributed by atoms with van der Waals surface area (Å²) in [5, 5.41) is 0. The molecule has 1 nitrogen and oxygen atoms in total. The number of rotatable bonds is 3. The molecule has 0 aromatic heterocycles. The highest BCUT2D eigenvalue weighted by Crippen LogP contribution is 2.49. The smallest absolute Gasteiger partial charge is 0.118 e. The van der Waals surface area contributed by atoms with Crippen molar-refractivity contribution < 1.29 is 4.74 Å². The molecule has 0 unspecified atom stereocenters. The minimum Gasteiger partial charge on any atom is -0.497 e. The van der Waals surface area contributed by atoms with Gasteiger partial charge in [-0.1, -0.05) is 42.5 Å². The molecule has 2 aromatic rings. The summed E-state index contributed by atoms with van der Waals surface area (Å²) in [7, 11) is 1.71. The summed E-state index contributed by atoms with van der Waals surface area (Å²) in [5.74, 6) is 2.31. The van der Waals surface area contributed by atoms with Gasteiger partial charge in [0.05, 0.1) is 7.11 Å². The average Bonchev–Trinajstić information content (AvgIpc) is 2.40. The van der Waals surface area contributed by atoms with E-state index in [1.54, 1.807) is 7.11 Å². The maximum Gasteiger partial charge on any atom is 0.118 e. The number of ether oxygens (including phenoxy) is 1. The molecule has 0 heterocycles. The first-order chi connectivity index (χ1) is 8.88. The first-order valence-electron chi connectivity index (χ1n) is 6.57. The molecule has 0 spiro atoms. The molecular weight excluding hydrogens is 220 g/mol. The lowest BCUT2D eigenvalue weighted by Gasteiger charge is -2.37. The quantitative estimate of drug-likeness (QED) is 0.772. The van der Waals surface area contributed by atoms with Gasteiger partial charge in [-0.3, -0.25) is 0 Å². The van der Waals surface area contributed by atoms with Gasteiger partial charge in [-0.2, -0.15) is 0 Å². The van der Waals surface area contributed by atoms with Gasteiger partial charge in [0.25, 0.3) is 0 Å². The van der Waals surface area contributed by atoms with Crippen molar-refractivity contribution in [2.24, 2.45) is 0 Å². The third kappa shape index (κ3) is 2.01. The maximum absolute atomic E-state index is 5.21. The summed E-state index contributed by atoms with van der Waals surface area (Å²) >= 11 is 0. The molecule has 0 aliphatic heterocycles. The van der Waals surface area contributed by atoms with Crippen LogP contribution in [0.4, 0.5) is 0 Å². The van der Waals surface area contributed by atoms with Crippen molar-refractivity contribution in [2.45, 2.75) is 24.7 Å². The first kappa shape index (κ1) is 11.3. The summed E-state index contributed by atoms with van der Waals surface area (Å²) in [6.07, 6.45) is 2.60. The molecule has 0 amide bonds. The highest BCUT2D eigenvalue weighted by molar-refractivity contribution is 5.35. The van der Waals surface area contributed by atoms with Crippen LogP contribution in [0.2, 0.25) is 0 Å². The molecule has 1 saturated carbocycles. The molecule has 3 rings (SSSR count). The van der Waals surface area contributed by atoms with Crippen molar-refractivity contribution >= 4 is 0 Å². The van der Waals surface area contributed by atoms with Crippen molar-refractivity contribution in [2.75, 3.05) is 7.11 Å². The summed E-state index contributed by atoms with van der Waals surface area (Å²) in [5.41, 5.74) is 2.92. The Morgan fingerprint density at radius 1 is 0.778 bits per heavy atom. The van der Waals surface area contributed by atoms with E-state index < -0.39 is 0 Å². The van der Waals surface area contributed by atoms with E-state index in [1.807, 2.05) is 0 Å². The van der Waals surface area contributed by atoms with E-state index in [2.05, 4.69) is 54.6 Å². The van der Waals surface area contributed by atoms with Gasteiger partial charge < -0.3 is 4.74 Å². The van der Waals surface area contributed by atoms with Crippen LogP contribution in [0.3, 0.4) is 0 Å². The second-order valence-corrected chi connectivity index (χ2v) is 4.97. The fourth-order valence-corrected chi connectivity index (χ4v) is 2.85. The topological polar surface area (TPSA) is 9.23 Å². The van der Waals surface area contributed by atoms with Gasteiger partial charge >= 0.3 is 0 Å². The summed E-state index contributed by atoms with van der Waals surface area (Å²) < 4.78 is 5.21. The Balaban J connectivity index is 1.80. The Labute approximate surface area is 108 Å². The highest BCUT2D eigenvalue weighted by atomic mass is 16.5. The van der Waals surface area contributed by atoms with Crippen LogP contribution in [0.25, 0.3) is 0 Å².